The number of cyclic esters (lactones) is 1. The summed E-state index contributed by atoms with van der Waals surface area (Å²) in [6, 6.07) is 13.3. The van der Waals surface area contributed by atoms with Crippen LogP contribution < -0.4 is 4.74 Å². The standard InChI is InChI=1S/C19H17NO3/c1-12-7-8-14(13(2)9-12)11-17-19(21)23-18(20-17)15-5-4-6-16(10-15)22-3/h4-11H,1-3H3/b17-11-. The fourth-order valence-electron chi connectivity index (χ4n) is 2.42. The molecule has 1 heterocycles. The highest BCUT2D eigenvalue weighted by Crippen LogP contribution is 2.22. The maximum absolute atomic E-state index is 12.1. The Morgan fingerprint density at radius 1 is 1.13 bits per heavy atom. The number of ether oxygens (including phenoxy) is 2. The van der Waals surface area contributed by atoms with Gasteiger partial charge in [-0.15, -0.1) is 0 Å². The van der Waals surface area contributed by atoms with Crippen LogP contribution in [0.3, 0.4) is 0 Å². The molecule has 116 valence electrons. The van der Waals surface area contributed by atoms with Crippen LogP contribution in [0.25, 0.3) is 6.08 Å². The maximum atomic E-state index is 12.1. The Morgan fingerprint density at radius 3 is 2.70 bits per heavy atom. The summed E-state index contributed by atoms with van der Waals surface area (Å²) in [7, 11) is 1.59. The van der Waals surface area contributed by atoms with E-state index in [0.29, 0.717) is 22.9 Å². The summed E-state index contributed by atoms with van der Waals surface area (Å²) in [5, 5.41) is 0. The van der Waals surface area contributed by atoms with Crippen molar-refractivity contribution < 1.29 is 14.3 Å². The third-order valence-corrected chi connectivity index (χ3v) is 3.65. The predicted molar refractivity (Wildman–Crippen MR) is 89.5 cm³/mol. The lowest BCUT2D eigenvalue weighted by Gasteiger charge is -2.02. The molecule has 23 heavy (non-hydrogen) atoms. The molecule has 0 fully saturated rings. The largest absolute Gasteiger partial charge is 0.497 e. The van der Waals surface area contributed by atoms with Crippen LogP contribution in [0.1, 0.15) is 22.3 Å². The van der Waals surface area contributed by atoms with Crippen LogP contribution in [-0.4, -0.2) is 19.0 Å². The molecule has 0 saturated carbocycles. The smallest absolute Gasteiger partial charge is 0.363 e. The zero-order valence-corrected chi connectivity index (χ0v) is 13.3. The van der Waals surface area contributed by atoms with Crippen molar-refractivity contribution in [3.05, 3.63) is 70.4 Å². The van der Waals surface area contributed by atoms with Gasteiger partial charge in [-0.2, -0.15) is 0 Å². The third kappa shape index (κ3) is 3.16. The number of hydrogen-bond acceptors (Lipinski definition) is 4. The summed E-state index contributed by atoms with van der Waals surface area (Å²) in [5.41, 5.74) is 4.24. The van der Waals surface area contributed by atoms with E-state index >= 15 is 0 Å². The van der Waals surface area contributed by atoms with Crippen LogP contribution >= 0.6 is 0 Å². The van der Waals surface area contributed by atoms with E-state index in [0.717, 1.165) is 11.1 Å². The molecule has 0 saturated heterocycles. The summed E-state index contributed by atoms with van der Waals surface area (Å²) < 4.78 is 10.5. The Kier molecular flexibility index (Phi) is 3.98. The lowest BCUT2D eigenvalue weighted by atomic mass is 10.0. The number of carbonyl (C=O) groups is 1. The summed E-state index contributed by atoms with van der Waals surface area (Å²) in [5.74, 6) is 0.542. The van der Waals surface area contributed by atoms with Gasteiger partial charge in [-0.3, -0.25) is 0 Å². The lowest BCUT2D eigenvalue weighted by molar-refractivity contribution is -0.129. The zero-order chi connectivity index (χ0) is 16.4. The molecule has 0 atom stereocenters. The molecule has 1 aliphatic rings. The number of rotatable bonds is 3. The van der Waals surface area contributed by atoms with Gasteiger partial charge in [0.05, 0.1) is 7.11 Å². The Labute approximate surface area is 135 Å². The van der Waals surface area contributed by atoms with Crippen molar-refractivity contribution in [2.24, 2.45) is 4.99 Å². The normalized spacial score (nSPS) is 15.5. The summed E-state index contributed by atoms with van der Waals surface area (Å²) in [6.07, 6.45) is 1.75. The fourth-order valence-corrected chi connectivity index (χ4v) is 2.42. The van der Waals surface area contributed by atoms with Crippen LogP contribution in [0.5, 0.6) is 5.75 Å². The van der Waals surface area contributed by atoms with E-state index in [2.05, 4.69) is 11.1 Å². The number of nitrogens with zero attached hydrogens (tertiary/aromatic N) is 1. The van der Waals surface area contributed by atoms with E-state index in [1.54, 1.807) is 19.3 Å². The number of methoxy groups -OCH3 is 1. The molecule has 0 spiro atoms. The van der Waals surface area contributed by atoms with Crippen molar-refractivity contribution >= 4 is 17.9 Å². The molecule has 0 unspecified atom stereocenters. The molecule has 0 bridgehead atoms. The van der Waals surface area contributed by atoms with Crippen molar-refractivity contribution in [2.75, 3.05) is 7.11 Å². The third-order valence-electron chi connectivity index (χ3n) is 3.65. The lowest BCUT2D eigenvalue weighted by Crippen LogP contribution is -2.05. The Bertz CT molecular complexity index is 834. The van der Waals surface area contributed by atoms with Crippen LogP contribution in [-0.2, 0) is 9.53 Å². The minimum absolute atomic E-state index is 0.296. The molecule has 3 rings (SSSR count). The van der Waals surface area contributed by atoms with Crippen molar-refractivity contribution in [2.45, 2.75) is 13.8 Å². The number of aryl methyl sites for hydroxylation is 2. The Hall–Kier alpha value is -2.88. The van der Waals surface area contributed by atoms with Crippen molar-refractivity contribution in [3.8, 4) is 5.75 Å². The molecular weight excluding hydrogens is 290 g/mol. The van der Waals surface area contributed by atoms with Gasteiger partial charge in [0, 0.05) is 5.56 Å². The monoisotopic (exact) mass is 307 g/mol. The van der Waals surface area contributed by atoms with E-state index in [1.807, 2.05) is 44.2 Å². The molecule has 0 amide bonds. The van der Waals surface area contributed by atoms with Crippen LogP contribution in [0.4, 0.5) is 0 Å². The van der Waals surface area contributed by atoms with Gasteiger partial charge >= 0.3 is 5.97 Å². The van der Waals surface area contributed by atoms with Crippen molar-refractivity contribution in [3.63, 3.8) is 0 Å². The van der Waals surface area contributed by atoms with Gasteiger partial charge in [0.1, 0.15) is 5.75 Å². The first-order valence-corrected chi connectivity index (χ1v) is 7.31. The number of aliphatic imine (C=N–C) groups is 1. The molecule has 0 aromatic heterocycles. The molecule has 4 heteroatoms. The van der Waals surface area contributed by atoms with Gasteiger partial charge in [0.25, 0.3) is 0 Å². The molecule has 0 N–H and O–H groups in total. The number of esters is 1. The van der Waals surface area contributed by atoms with Gasteiger partial charge in [-0.1, -0.05) is 29.8 Å². The molecule has 2 aromatic rings. The number of benzene rings is 2. The first-order chi connectivity index (χ1) is 11.1. The quantitative estimate of drug-likeness (QED) is 0.642. The highest BCUT2D eigenvalue weighted by atomic mass is 16.6. The summed E-state index contributed by atoms with van der Waals surface area (Å²) >= 11 is 0. The van der Waals surface area contributed by atoms with Crippen LogP contribution in [0.15, 0.2) is 53.2 Å². The second kappa shape index (κ2) is 6.08. The number of hydrogen-bond donors (Lipinski definition) is 0. The average Bonchev–Trinajstić information content (AvgIpc) is 2.91. The predicted octanol–water partition coefficient (Wildman–Crippen LogP) is 3.66. The summed E-state index contributed by atoms with van der Waals surface area (Å²) in [6.45, 7) is 4.04. The average molecular weight is 307 g/mol. The Balaban J connectivity index is 1.96. The van der Waals surface area contributed by atoms with E-state index in [1.165, 1.54) is 5.56 Å². The molecule has 0 aliphatic carbocycles. The van der Waals surface area contributed by atoms with E-state index in [-0.39, 0.29) is 0 Å². The molecule has 2 aromatic carbocycles. The zero-order valence-electron chi connectivity index (χ0n) is 13.3. The van der Waals surface area contributed by atoms with Crippen LogP contribution in [0, 0.1) is 13.8 Å². The van der Waals surface area contributed by atoms with E-state index in [4.69, 9.17) is 9.47 Å². The SMILES string of the molecule is COc1cccc(C2=N/C(=C\c3ccc(C)cc3C)C(=O)O2)c1. The second-order valence-electron chi connectivity index (χ2n) is 5.43. The molecule has 4 nitrogen and oxygen atoms in total. The highest BCUT2D eigenvalue weighted by Gasteiger charge is 2.24. The molecule has 0 radical (unpaired) electrons. The van der Waals surface area contributed by atoms with E-state index in [9.17, 15) is 4.79 Å². The topological polar surface area (TPSA) is 47.9 Å². The number of carbonyl (C=O) groups excluding carboxylic acids is 1. The molecule has 1 aliphatic heterocycles. The maximum Gasteiger partial charge on any atom is 0.363 e. The highest BCUT2D eigenvalue weighted by molar-refractivity contribution is 6.13. The van der Waals surface area contributed by atoms with Gasteiger partial charge < -0.3 is 9.47 Å². The minimum Gasteiger partial charge on any atom is -0.497 e. The van der Waals surface area contributed by atoms with Gasteiger partial charge in [0.15, 0.2) is 5.70 Å². The van der Waals surface area contributed by atoms with Crippen LogP contribution in [0.2, 0.25) is 0 Å². The first kappa shape index (κ1) is 15.0. The minimum atomic E-state index is -0.442. The van der Waals surface area contributed by atoms with Gasteiger partial charge in [0.2, 0.25) is 5.90 Å². The van der Waals surface area contributed by atoms with Crippen molar-refractivity contribution in [1.29, 1.82) is 0 Å². The summed E-state index contributed by atoms with van der Waals surface area (Å²) in [4.78, 5) is 16.4. The van der Waals surface area contributed by atoms with E-state index < -0.39 is 5.97 Å². The second-order valence-corrected chi connectivity index (χ2v) is 5.43. The first-order valence-electron chi connectivity index (χ1n) is 7.31. The van der Waals surface area contributed by atoms with Gasteiger partial charge in [-0.25, -0.2) is 9.79 Å². The van der Waals surface area contributed by atoms with Gasteiger partial charge in [-0.05, 0) is 49.2 Å². The molecular formula is C19H17NO3. The van der Waals surface area contributed by atoms with Crippen molar-refractivity contribution in [1.82, 2.24) is 0 Å². The fraction of sp³-hybridized carbons (Fsp3) is 0.158. The Morgan fingerprint density at radius 2 is 1.96 bits per heavy atom.